The van der Waals surface area contributed by atoms with Crippen LogP contribution in [0.3, 0.4) is 0 Å². The van der Waals surface area contributed by atoms with Gasteiger partial charge in [-0.2, -0.15) is 0 Å². The molecule has 0 aromatic carbocycles. The molecular weight excluding hydrogens is 197 g/mol. The van der Waals surface area contributed by atoms with Gasteiger partial charge in [0, 0.05) is 0 Å². The predicted octanol–water partition coefficient (Wildman–Crippen LogP) is -2.23. The third-order valence-corrected chi connectivity index (χ3v) is 0. The molecule has 3 N–H and O–H groups in total. The van der Waals surface area contributed by atoms with E-state index in [2.05, 4.69) is 0 Å². The molecule has 0 aliphatic rings. The number of rotatable bonds is 0. The molecule has 0 aromatic heterocycles. The second-order valence-corrected chi connectivity index (χ2v) is 0.714. The van der Waals surface area contributed by atoms with Gasteiger partial charge in [0.1, 0.15) is 0 Å². The van der Waals surface area contributed by atoms with E-state index < -0.39 is 15.3 Å². The molecule has 0 fully saturated rings. The second kappa shape index (κ2) is 16.3. The second-order valence-electron chi connectivity index (χ2n) is 0.714. The number of hydrogen-bond acceptors (Lipinski definition) is 6. The third-order valence-electron chi connectivity index (χ3n) is 0. The van der Waals surface area contributed by atoms with Crippen LogP contribution in [0.2, 0.25) is 0 Å². The van der Waals surface area contributed by atoms with Crippen molar-refractivity contribution in [1.29, 1.82) is 0 Å². The number of hydrogen-bond donors (Lipinski definition) is 3. The molecule has 0 aromatic rings. The van der Waals surface area contributed by atoms with Crippen LogP contribution < -0.4 is 0 Å². The van der Waals surface area contributed by atoms with Crippen molar-refractivity contribution in [3.63, 3.8) is 0 Å². The lowest BCUT2D eigenvalue weighted by Gasteiger charge is -1.56. The third kappa shape index (κ3) is 104. The summed E-state index contributed by atoms with van der Waals surface area (Å²) in [6.45, 7) is 0. The molecule has 0 saturated heterocycles. The van der Waals surface area contributed by atoms with Gasteiger partial charge < -0.3 is 15.6 Å². The van der Waals surface area contributed by atoms with Gasteiger partial charge in [0.25, 0.3) is 15.3 Å². The van der Waals surface area contributed by atoms with Crippen molar-refractivity contribution < 1.29 is 30.9 Å². The van der Waals surface area contributed by atoms with Gasteiger partial charge in [-0.3, -0.25) is 0 Å². The molecule has 0 atom stereocenters. The Morgan fingerprint density at radius 1 is 0.692 bits per heavy atom. The van der Waals surface area contributed by atoms with Gasteiger partial charge >= 0.3 is 0 Å². The van der Waals surface area contributed by atoms with Crippen molar-refractivity contribution in [2.45, 2.75) is 0 Å². The van der Waals surface area contributed by atoms with Crippen molar-refractivity contribution >= 4 is 8.41 Å². The molecule has 0 bridgehead atoms. The Kier molecular flexibility index (Phi) is 28.2. The Hall–Kier alpha value is -2.34. The van der Waals surface area contributed by atoms with E-state index >= 15 is 0 Å². The molecule has 0 amide bonds. The van der Waals surface area contributed by atoms with Gasteiger partial charge in [-0.15, -0.1) is 30.3 Å². The molecule has 0 aliphatic carbocycles. The van der Waals surface area contributed by atoms with Crippen LogP contribution in [0.1, 0.15) is 0 Å². The van der Waals surface area contributed by atoms with Crippen LogP contribution in [0, 0.1) is 30.3 Å². The molecule has 78 valence electrons. The molecule has 13 heavy (non-hydrogen) atoms. The molecule has 0 saturated carbocycles. The highest BCUT2D eigenvalue weighted by Gasteiger charge is 1.66. The van der Waals surface area contributed by atoms with Gasteiger partial charge in [0.2, 0.25) is 0 Å². The minimum absolute atomic E-state index is 0. The van der Waals surface area contributed by atoms with Crippen LogP contribution in [-0.2, 0) is 0 Å². The molecule has 0 unspecified atom stereocenters. The molecule has 0 heterocycles. The Balaban J connectivity index is -0.0000000450. The normalized spacial score (nSPS) is 5.54. The summed E-state index contributed by atoms with van der Waals surface area (Å²) in [6, 6.07) is 0. The Labute approximate surface area is 70.9 Å². The quantitative estimate of drug-likeness (QED) is 0.222. The summed E-state index contributed by atoms with van der Waals surface area (Å²) in [4.78, 5) is 25.1. The van der Waals surface area contributed by atoms with E-state index in [1.54, 1.807) is 0 Å². The van der Waals surface area contributed by atoms with E-state index in [0.717, 1.165) is 0 Å². The first-order valence-electron chi connectivity index (χ1n) is 1.70. The molecular formula is H6BN3O9. The van der Waals surface area contributed by atoms with E-state index in [0.29, 0.717) is 0 Å². The minimum Gasteiger partial charge on any atom is -0.328 e. The van der Waals surface area contributed by atoms with E-state index in [1.807, 2.05) is 0 Å². The summed E-state index contributed by atoms with van der Waals surface area (Å²) in [5.74, 6) is 0. The fraction of sp³-hybridized carbons (Fsp3) is 0. The van der Waals surface area contributed by atoms with Crippen LogP contribution in [0.15, 0.2) is 0 Å². The van der Waals surface area contributed by atoms with Crippen molar-refractivity contribution in [2.24, 2.45) is 0 Å². The number of nitrogens with zero attached hydrogens (tertiary/aromatic N) is 3. The van der Waals surface area contributed by atoms with Gasteiger partial charge in [-0.05, 0) is 0 Å². The summed E-state index contributed by atoms with van der Waals surface area (Å²) < 4.78 is 0. The van der Waals surface area contributed by atoms with Crippen molar-refractivity contribution in [1.82, 2.24) is 0 Å². The molecule has 12 nitrogen and oxygen atoms in total. The Morgan fingerprint density at radius 3 is 0.692 bits per heavy atom. The van der Waals surface area contributed by atoms with Crippen LogP contribution in [0.5, 0.6) is 0 Å². The fourth-order valence-corrected chi connectivity index (χ4v) is 0. The Morgan fingerprint density at radius 2 is 0.692 bits per heavy atom. The van der Waals surface area contributed by atoms with Gasteiger partial charge in [0.05, 0.1) is 8.41 Å². The standard InChI is InChI=1S/BH3.3HNO3/c;3*2-1(3)4/h1H3;3*(H,2,3,4). The van der Waals surface area contributed by atoms with E-state index in [-0.39, 0.29) is 8.41 Å². The lowest BCUT2D eigenvalue weighted by atomic mass is 10.8. The zero-order chi connectivity index (χ0) is 10.7. The van der Waals surface area contributed by atoms with Crippen molar-refractivity contribution in [3.8, 4) is 0 Å². The molecule has 0 spiro atoms. The first-order valence-corrected chi connectivity index (χ1v) is 1.70. The topological polar surface area (TPSA) is 190 Å². The summed E-state index contributed by atoms with van der Waals surface area (Å²) in [5, 5.41) is 40.9. The summed E-state index contributed by atoms with van der Waals surface area (Å²) in [7, 11) is 0. The van der Waals surface area contributed by atoms with E-state index in [1.165, 1.54) is 0 Å². The van der Waals surface area contributed by atoms with Gasteiger partial charge in [-0.25, -0.2) is 0 Å². The lowest BCUT2D eigenvalue weighted by molar-refractivity contribution is -0.742. The molecule has 0 rings (SSSR count). The fourth-order valence-electron chi connectivity index (χ4n) is 0. The van der Waals surface area contributed by atoms with Crippen LogP contribution in [0.25, 0.3) is 0 Å². The van der Waals surface area contributed by atoms with Gasteiger partial charge in [-0.1, -0.05) is 0 Å². The lowest BCUT2D eigenvalue weighted by Crippen LogP contribution is -1.81. The van der Waals surface area contributed by atoms with Crippen molar-refractivity contribution in [2.75, 3.05) is 0 Å². The van der Waals surface area contributed by atoms with Crippen molar-refractivity contribution in [3.05, 3.63) is 30.3 Å². The first kappa shape index (κ1) is 22.4. The predicted molar refractivity (Wildman–Crippen MR) is 36.3 cm³/mol. The maximum absolute atomic E-state index is 8.36. The summed E-state index contributed by atoms with van der Waals surface area (Å²) >= 11 is 0. The summed E-state index contributed by atoms with van der Waals surface area (Å²) in [6.07, 6.45) is 0. The van der Waals surface area contributed by atoms with Crippen LogP contribution >= 0.6 is 0 Å². The summed E-state index contributed by atoms with van der Waals surface area (Å²) in [5.41, 5.74) is 0. The maximum atomic E-state index is 8.36. The zero-order valence-electron chi connectivity index (χ0n) is 5.13. The smallest absolute Gasteiger partial charge is 0.291 e. The van der Waals surface area contributed by atoms with E-state index in [4.69, 9.17) is 46.0 Å². The average molecular weight is 203 g/mol. The highest BCUT2D eigenvalue weighted by molar-refractivity contribution is 5.75. The monoisotopic (exact) mass is 203 g/mol. The SMILES string of the molecule is B.O=[N+]([O-])O.O=[N+]([O-])O.O=[N+]([O-])O. The average Bonchev–Trinajstić information content (AvgIpc) is 1.54. The van der Waals surface area contributed by atoms with Crippen LogP contribution in [-0.4, -0.2) is 39.3 Å². The molecule has 13 heteroatoms. The highest BCUT2D eigenvalue weighted by atomic mass is 16.9. The largest absolute Gasteiger partial charge is 0.328 e. The van der Waals surface area contributed by atoms with Crippen LogP contribution in [0.4, 0.5) is 0 Å². The molecule has 0 radical (unpaired) electrons. The Bertz CT molecular complexity index is 112. The minimum atomic E-state index is -1.50. The zero-order valence-corrected chi connectivity index (χ0v) is 5.13. The highest BCUT2D eigenvalue weighted by Crippen LogP contribution is 1.39. The first-order chi connectivity index (χ1) is 5.20. The molecule has 0 aliphatic heterocycles. The maximum Gasteiger partial charge on any atom is 0.291 e. The van der Waals surface area contributed by atoms with E-state index in [9.17, 15) is 0 Å². The van der Waals surface area contributed by atoms with Gasteiger partial charge in [0.15, 0.2) is 0 Å².